The van der Waals surface area contributed by atoms with Crippen molar-refractivity contribution in [1.29, 1.82) is 0 Å². The van der Waals surface area contributed by atoms with E-state index in [1.54, 1.807) is 42.5 Å². The average Bonchev–Trinajstić information content (AvgIpc) is 2.38. The van der Waals surface area contributed by atoms with Crippen molar-refractivity contribution in [2.75, 3.05) is 5.73 Å². The van der Waals surface area contributed by atoms with E-state index in [1.807, 2.05) is 0 Å². The second-order valence-corrected chi connectivity index (χ2v) is 4.47. The van der Waals surface area contributed by atoms with Gasteiger partial charge in [0.1, 0.15) is 12.4 Å². The number of nitrogens with two attached hydrogens (primary N) is 2. The van der Waals surface area contributed by atoms with Gasteiger partial charge in [-0.2, -0.15) is 0 Å². The normalized spacial score (nSPS) is 10.2. The summed E-state index contributed by atoms with van der Waals surface area (Å²) >= 11 is 5.80. The van der Waals surface area contributed by atoms with E-state index in [-0.39, 0.29) is 0 Å². The first-order chi connectivity index (χ1) is 9.06. The van der Waals surface area contributed by atoms with Crippen molar-refractivity contribution < 1.29 is 9.53 Å². The molecule has 98 valence electrons. The molecule has 0 saturated heterocycles. The Kier molecular flexibility index (Phi) is 3.92. The molecule has 5 heteroatoms. The number of amides is 1. The first-order valence-electron chi connectivity index (χ1n) is 5.63. The Morgan fingerprint density at radius 1 is 1.16 bits per heavy atom. The maximum Gasteiger partial charge on any atom is 0.248 e. The van der Waals surface area contributed by atoms with Gasteiger partial charge in [-0.05, 0) is 35.9 Å². The summed E-state index contributed by atoms with van der Waals surface area (Å²) in [4.78, 5) is 10.9. The summed E-state index contributed by atoms with van der Waals surface area (Å²) in [6.07, 6.45) is 0. The molecule has 0 aliphatic heterocycles. The third-order valence-corrected chi connectivity index (χ3v) is 2.84. The van der Waals surface area contributed by atoms with Crippen LogP contribution < -0.4 is 16.2 Å². The van der Waals surface area contributed by atoms with Crippen LogP contribution >= 0.6 is 11.6 Å². The molecule has 0 heterocycles. The summed E-state index contributed by atoms with van der Waals surface area (Å²) < 4.78 is 5.58. The Morgan fingerprint density at radius 2 is 1.84 bits per heavy atom. The molecule has 0 aliphatic carbocycles. The lowest BCUT2D eigenvalue weighted by molar-refractivity contribution is 0.1000. The number of hydrogen-bond donors (Lipinski definition) is 2. The van der Waals surface area contributed by atoms with Gasteiger partial charge in [-0.15, -0.1) is 0 Å². The van der Waals surface area contributed by atoms with E-state index in [0.717, 1.165) is 5.56 Å². The third-order valence-electron chi connectivity index (χ3n) is 2.60. The van der Waals surface area contributed by atoms with Gasteiger partial charge in [0, 0.05) is 10.6 Å². The highest BCUT2D eigenvalue weighted by Crippen LogP contribution is 2.25. The monoisotopic (exact) mass is 276 g/mol. The summed E-state index contributed by atoms with van der Waals surface area (Å²) in [6, 6.07) is 11.9. The molecule has 2 aromatic rings. The molecular weight excluding hydrogens is 264 g/mol. The standard InChI is InChI=1S/C14H13ClN2O2/c15-11-5-6-13(12(16)7-11)19-8-9-1-3-10(4-2-9)14(17)18/h1-7H,8,16H2,(H2,17,18). The van der Waals surface area contributed by atoms with Crippen LogP contribution in [0.25, 0.3) is 0 Å². The van der Waals surface area contributed by atoms with Crippen LogP contribution in [0.4, 0.5) is 5.69 Å². The van der Waals surface area contributed by atoms with Gasteiger partial charge in [-0.25, -0.2) is 0 Å². The highest BCUT2D eigenvalue weighted by atomic mass is 35.5. The van der Waals surface area contributed by atoms with E-state index >= 15 is 0 Å². The predicted molar refractivity (Wildman–Crippen MR) is 75.2 cm³/mol. The van der Waals surface area contributed by atoms with Crippen LogP contribution in [0.15, 0.2) is 42.5 Å². The minimum atomic E-state index is -0.450. The number of primary amides is 1. The van der Waals surface area contributed by atoms with E-state index < -0.39 is 5.91 Å². The van der Waals surface area contributed by atoms with Gasteiger partial charge >= 0.3 is 0 Å². The largest absolute Gasteiger partial charge is 0.487 e. The Hall–Kier alpha value is -2.20. The Bertz CT molecular complexity index is 597. The molecule has 2 aromatic carbocycles. The van der Waals surface area contributed by atoms with Crippen molar-refractivity contribution in [3.63, 3.8) is 0 Å². The fourth-order valence-electron chi connectivity index (χ4n) is 1.58. The van der Waals surface area contributed by atoms with Crippen LogP contribution in [0, 0.1) is 0 Å². The number of nitrogen functional groups attached to an aromatic ring is 1. The van der Waals surface area contributed by atoms with Crippen LogP contribution in [0.5, 0.6) is 5.75 Å². The zero-order valence-electron chi connectivity index (χ0n) is 10.1. The number of rotatable bonds is 4. The highest BCUT2D eigenvalue weighted by molar-refractivity contribution is 6.30. The minimum absolute atomic E-state index is 0.352. The molecular formula is C14H13ClN2O2. The lowest BCUT2D eigenvalue weighted by Crippen LogP contribution is -2.10. The zero-order valence-corrected chi connectivity index (χ0v) is 10.9. The van der Waals surface area contributed by atoms with Gasteiger partial charge in [0.05, 0.1) is 5.69 Å². The van der Waals surface area contributed by atoms with E-state index in [1.165, 1.54) is 0 Å². The molecule has 0 atom stereocenters. The zero-order chi connectivity index (χ0) is 13.8. The van der Waals surface area contributed by atoms with Crippen LogP contribution in [-0.2, 0) is 6.61 Å². The van der Waals surface area contributed by atoms with Gasteiger partial charge in [-0.3, -0.25) is 4.79 Å². The van der Waals surface area contributed by atoms with Crippen LogP contribution in [0.2, 0.25) is 5.02 Å². The number of carbonyl (C=O) groups excluding carboxylic acids is 1. The van der Waals surface area contributed by atoms with Crippen molar-refractivity contribution in [2.45, 2.75) is 6.61 Å². The van der Waals surface area contributed by atoms with Crippen molar-refractivity contribution in [3.05, 3.63) is 58.6 Å². The molecule has 4 nitrogen and oxygen atoms in total. The lowest BCUT2D eigenvalue weighted by atomic mass is 10.1. The molecule has 0 bridgehead atoms. The third kappa shape index (κ3) is 3.39. The molecule has 2 rings (SSSR count). The Balaban J connectivity index is 2.04. The van der Waals surface area contributed by atoms with E-state index in [2.05, 4.69) is 0 Å². The number of carbonyl (C=O) groups is 1. The number of anilines is 1. The Morgan fingerprint density at radius 3 is 2.42 bits per heavy atom. The van der Waals surface area contributed by atoms with Crippen molar-refractivity contribution in [1.82, 2.24) is 0 Å². The lowest BCUT2D eigenvalue weighted by Gasteiger charge is -2.09. The van der Waals surface area contributed by atoms with Gasteiger partial charge < -0.3 is 16.2 Å². The van der Waals surface area contributed by atoms with Crippen LogP contribution in [-0.4, -0.2) is 5.91 Å². The Labute approximate surface area is 115 Å². The summed E-state index contributed by atoms with van der Waals surface area (Å²) in [5, 5.41) is 0.565. The van der Waals surface area contributed by atoms with Gasteiger partial charge in [-0.1, -0.05) is 23.7 Å². The van der Waals surface area contributed by atoms with E-state index in [4.69, 9.17) is 27.8 Å². The molecule has 0 unspecified atom stereocenters. The first kappa shape index (κ1) is 13.2. The average molecular weight is 277 g/mol. The molecule has 4 N–H and O–H groups in total. The fraction of sp³-hybridized carbons (Fsp3) is 0.0714. The summed E-state index contributed by atoms with van der Waals surface area (Å²) in [7, 11) is 0. The van der Waals surface area contributed by atoms with Crippen molar-refractivity contribution in [2.24, 2.45) is 5.73 Å². The first-order valence-corrected chi connectivity index (χ1v) is 6.00. The van der Waals surface area contributed by atoms with Gasteiger partial charge in [0.2, 0.25) is 5.91 Å². The summed E-state index contributed by atoms with van der Waals surface area (Å²) in [6.45, 7) is 0.352. The second-order valence-electron chi connectivity index (χ2n) is 4.03. The molecule has 0 aliphatic rings. The molecule has 0 aromatic heterocycles. The van der Waals surface area contributed by atoms with Gasteiger partial charge in [0.25, 0.3) is 0 Å². The molecule has 0 fully saturated rings. The SMILES string of the molecule is NC(=O)c1ccc(COc2ccc(Cl)cc2N)cc1. The molecule has 19 heavy (non-hydrogen) atoms. The minimum Gasteiger partial charge on any atom is -0.487 e. The number of halogens is 1. The molecule has 1 amide bonds. The second kappa shape index (κ2) is 5.63. The van der Waals surface area contributed by atoms with Crippen LogP contribution in [0.1, 0.15) is 15.9 Å². The smallest absolute Gasteiger partial charge is 0.248 e. The van der Waals surface area contributed by atoms with E-state index in [9.17, 15) is 4.79 Å². The quantitative estimate of drug-likeness (QED) is 0.843. The van der Waals surface area contributed by atoms with Crippen LogP contribution in [0.3, 0.4) is 0 Å². The molecule has 0 spiro atoms. The van der Waals surface area contributed by atoms with Crippen molar-refractivity contribution in [3.8, 4) is 5.75 Å². The van der Waals surface area contributed by atoms with Gasteiger partial charge in [0.15, 0.2) is 0 Å². The fourth-order valence-corrected chi connectivity index (χ4v) is 1.76. The highest BCUT2D eigenvalue weighted by Gasteiger charge is 2.03. The predicted octanol–water partition coefficient (Wildman–Crippen LogP) is 2.60. The van der Waals surface area contributed by atoms with Crippen molar-refractivity contribution >= 4 is 23.2 Å². The summed E-state index contributed by atoms with van der Waals surface area (Å²) in [5.41, 5.74) is 12.8. The van der Waals surface area contributed by atoms with E-state index in [0.29, 0.717) is 28.6 Å². The number of ether oxygens (including phenoxy) is 1. The number of benzene rings is 2. The molecule has 0 radical (unpaired) electrons. The topological polar surface area (TPSA) is 78.3 Å². The summed E-state index contributed by atoms with van der Waals surface area (Å²) in [5.74, 6) is 0.123. The molecule has 0 saturated carbocycles. The maximum absolute atomic E-state index is 10.9. The maximum atomic E-state index is 10.9. The number of hydrogen-bond acceptors (Lipinski definition) is 3.